The van der Waals surface area contributed by atoms with Gasteiger partial charge in [0.25, 0.3) is 0 Å². The molecule has 1 fully saturated rings. The first-order chi connectivity index (χ1) is 11.2. The Morgan fingerprint density at radius 1 is 1.22 bits per heavy atom. The zero-order chi connectivity index (χ0) is 15.8. The number of tetrazole rings is 1. The van der Waals surface area contributed by atoms with Gasteiger partial charge in [-0.2, -0.15) is 0 Å². The van der Waals surface area contributed by atoms with Crippen molar-refractivity contribution in [3.63, 3.8) is 0 Å². The maximum absolute atomic E-state index is 4.99. The third-order valence-corrected chi connectivity index (χ3v) is 6.56. The van der Waals surface area contributed by atoms with Gasteiger partial charge in [-0.3, -0.25) is 4.90 Å². The van der Waals surface area contributed by atoms with E-state index < -0.39 is 0 Å². The van der Waals surface area contributed by atoms with Crippen LogP contribution in [-0.4, -0.2) is 43.2 Å². The van der Waals surface area contributed by atoms with Crippen molar-refractivity contribution in [2.24, 2.45) is 7.05 Å². The zero-order valence-electron chi connectivity index (χ0n) is 13.9. The average molecular weight is 332 g/mol. The largest absolute Gasteiger partial charge is 0.293 e. The molecular weight excluding hydrogens is 308 g/mol. The number of fused-ring (bicyclic) bond motifs is 1. The maximum atomic E-state index is 4.99. The van der Waals surface area contributed by atoms with E-state index >= 15 is 0 Å². The minimum absolute atomic E-state index is 0.257. The van der Waals surface area contributed by atoms with Crippen LogP contribution in [0.2, 0.25) is 0 Å². The van der Waals surface area contributed by atoms with Crippen LogP contribution >= 0.6 is 11.3 Å². The molecule has 0 aromatic carbocycles. The molecule has 2 atom stereocenters. The summed E-state index contributed by atoms with van der Waals surface area (Å²) in [6.07, 6.45) is 7.55. The highest BCUT2D eigenvalue weighted by atomic mass is 32.1. The van der Waals surface area contributed by atoms with E-state index in [-0.39, 0.29) is 6.04 Å². The number of aromatic nitrogens is 5. The molecule has 0 radical (unpaired) electrons. The maximum Gasteiger partial charge on any atom is 0.167 e. The highest BCUT2D eigenvalue weighted by Crippen LogP contribution is 2.36. The second-order valence-electron chi connectivity index (χ2n) is 6.80. The summed E-state index contributed by atoms with van der Waals surface area (Å²) >= 11 is 1.97. The zero-order valence-corrected chi connectivity index (χ0v) is 14.7. The summed E-state index contributed by atoms with van der Waals surface area (Å²) in [7, 11) is 1.92. The van der Waals surface area contributed by atoms with Crippen LogP contribution in [0.4, 0.5) is 0 Å². The Labute approximate surface area is 140 Å². The molecule has 0 spiro atoms. The summed E-state index contributed by atoms with van der Waals surface area (Å²) < 4.78 is 1.79. The predicted molar refractivity (Wildman–Crippen MR) is 89.5 cm³/mol. The first-order valence-corrected chi connectivity index (χ1v) is 9.49. The molecular formula is C16H24N6S. The molecule has 0 amide bonds. The van der Waals surface area contributed by atoms with E-state index in [0.29, 0.717) is 5.92 Å². The fourth-order valence-electron chi connectivity index (χ4n) is 3.86. The van der Waals surface area contributed by atoms with Gasteiger partial charge in [-0.25, -0.2) is 9.67 Å². The molecule has 1 aliphatic heterocycles. The van der Waals surface area contributed by atoms with E-state index in [2.05, 4.69) is 27.3 Å². The van der Waals surface area contributed by atoms with E-state index in [1.54, 1.807) is 9.56 Å². The highest BCUT2D eigenvalue weighted by molar-refractivity contribution is 7.11. The fraction of sp³-hybridized carbons (Fsp3) is 0.750. The van der Waals surface area contributed by atoms with E-state index in [4.69, 9.17) is 4.98 Å². The average Bonchev–Trinajstić information content (AvgIpc) is 3.20. The summed E-state index contributed by atoms with van der Waals surface area (Å²) in [6, 6.07) is 0.257. The third kappa shape index (κ3) is 2.92. The predicted octanol–water partition coefficient (Wildman–Crippen LogP) is 2.49. The van der Waals surface area contributed by atoms with Gasteiger partial charge in [-0.1, -0.05) is 0 Å². The number of hydrogen-bond donors (Lipinski definition) is 0. The summed E-state index contributed by atoms with van der Waals surface area (Å²) in [6.45, 7) is 4.40. The molecule has 1 aliphatic carbocycles. The third-order valence-electron chi connectivity index (χ3n) is 5.24. The molecule has 2 aromatic heterocycles. The van der Waals surface area contributed by atoms with Crippen LogP contribution in [0.5, 0.6) is 0 Å². The summed E-state index contributed by atoms with van der Waals surface area (Å²) in [5, 5.41) is 13.3. The lowest BCUT2D eigenvalue weighted by atomic mass is 9.97. The molecule has 0 bridgehead atoms. The fourth-order valence-corrected chi connectivity index (χ4v) is 5.14. The van der Waals surface area contributed by atoms with Crippen molar-refractivity contribution in [1.82, 2.24) is 30.1 Å². The molecule has 4 rings (SSSR count). The van der Waals surface area contributed by atoms with Crippen molar-refractivity contribution in [2.45, 2.75) is 57.4 Å². The van der Waals surface area contributed by atoms with Crippen molar-refractivity contribution in [1.29, 1.82) is 0 Å². The SMILES string of the molecule is C[C@H](c1nnnn1C)N1CCC[C@@H](c2nc3c(s2)CCCC3)C1. The number of hydrogen-bond acceptors (Lipinski definition) is 6. The van der Waals surface area contributed by atoms with Crippen LogP contribution in [0, 0.1) is 0 Å². The van der Waals surface area contributed by atoms with Crippen molar-refractivity contribution in [3.05, 3.63) is 21.4 Å². The van der Waals surface area contributed by atoms with Crippen molar-refractivity contribution >= 4 is 11.3 Å². The van der Waals surface area contributed by atoms with Crippen LogP contribution in [0.1, 0.15) is 66.0 Å². The Morgan fingerprint density at radius 2 is 2.09 bits per heavy atom. The molecule has 0 saturated carbocycles. The molecule has 1 saturated heterocycles. The smallest absolute Gasteiger partial charge is 0.167 e. The van der Waals surface area contributed by atoms with E-state index in [1.165, 1.54) is 49.2 Å². The van der Waals surface area contributed by atoms with Crippen molar-refractivity contribution < 1.29 is 0 Å². The van der Waals surface area contributed by atoms with Crippen LogP contribution in [0.3, 0.4) is 0 Å². The second kappa shape index (κ2) is 6.28. The minimum Gasteiger partial charge on any atom is -0.293 e. The summed E-state index contributed by atoms with van der Waals surface area (Å²) in [4.78, 5) is 9.06. The van der Waals surface area contributed by atoms with Gasteiger partial charge in [0.2, 0.25) is 0 Å². The molecule has 3 heterocycles. The Morgan fingerprint density at radius 3 is 2.87 bits per heavy atom. The van der Waals surface area contributed by atoms with Crippen LogP contribution in [0.15, 0.2) is 0 Å². The normalized spacial score (nSPS) is 23.7. The number of likely N-dealkylation sites (tertiary alicyclic amines) is 1. The molecule has 0 unspecified atom stereocenters. The van der Waals surface area contributed by atoms with E-state index in [9.17, 15) is 0 Å². The topological polar surface area (TPSA) is 59.7 Å². The number of aryl methyl sites for hydroxylation is 3. The standard InChI is InChI=1S/C16H24N6S/c1-11(15-18-19-20-21(15)2)22-9-5-6-12(10-22)16-17-13-7-3-4-8-14(13)23-16/h11-12H,3-10H2,1-2H3/t11-,12-/m1/s1. The molecule has 0 N–H and O–H groups in total. The summed E-state index contributed by atoms with van der Waals surface area (Å²) in [5.41, 5.74) is 1.39. The van der Waals surface area contributed by atoms with Gasteiger partial charge in [0.05, 0.1) is 16.7 Å². The van der Waals surface area contributed by atoms with Gasteiger partial charge in [-0.05, 0) is 62.4 Å². The molecule has 124 valence electrons. The van der Waals surface area contributed by atoms with Crippen molar-refractivity contribution in [2.75, 3.05) is 13.1 Å². The van der Waals surface area contributed by atoms with Gasteiger partial charge < -0.3 is 0 Å². The van der Waals surface area contributed by atoms with Crippen LogP contribution in [-0.2, 0) is 19.9 Å². The van der Waals surface area contributed by atoms with Crippen LogP contribution in [0.25, 0.3) is 0 Å². The van der Waals surface area contributed by atoms with Gasteiger partial charge in [-0.15, -0.1) is 16.4 Å². The quantitative estimate of drug-likeness (QED) is 0.864. The van der Waals surface area contributed by atoms with Gasteiger partial charge in [0.15, 0.2) is 5.82 Å². The highest BCUT2D eigenvalue weighted by Gasteiger charge is 2.30. The molecule has 23 heavy (non-hydrogen) atoms. The van der Waals surface area contributed by atoms with Crippen LogP contribution < -0.4 is 0 Å². The van der Waals surface area contributed by atoms with E-state index in [1.807, 2.05) is 18.4 Å². The summed E-state index contributed by atoms with van der Waals surface area (Å²) in [5.74, 6) is 1.52. The lowest BCUT2D eigenvalue weighted by Gasteiger charge is -2.35. The minimum atomic E-state index is 0.257. The molecule has 7 heteroatoms. The van der Waals surface area contributed by atoms with E-state index in [0.717, 1.165) is 18.9 Å². The Kier molecular flexibility index (Phi) is 4.15. The first-order valence-electron chi connectivity index (χ1n) is 8.67. The second-order valence-corrected chi connectivity index (χ2v) is 7.92. The van der Waals surface area contributed by atoms with Gasteiger partial charge in [0, 0.05) is 24.4 Å². The lowest BCUT2D eigenvalue weighted by Crippen LogP contribution is -2.37. The number of nitrogens with zero attached hydrogens (tertiary/aromatic N) is 6. The molecule has 2 aromatic rings. The lowest BCUT2D eigenvalue weighted by molar-refractivity contribution is 0.150. The van der Waals surface area contributed by atoms with Gasteiger partial charge in [0.1, 0.15) is 0 Å². The Hall–Kier alpha value is -1.34. The molecule has 6 nitrogen and oxygen atoms in total. The first kappa shape index (κ1) is 15.2. The number of rotatable bonds is 3. The monoisotopic (exact) mass is 332 g/mol. The Balaban J connectivity index is 1.50. The molecule has 2 aliphatic rings. The van der Waals surface area contributed by atoms with Crippen molar-refractivity contribution in [3.8, 4) is 0 Å². The van der Waals surface area contributed by atoms with Gasteiger partial charge >= 0.3 is 0 Å². The number of piperidine rings is 1. The number of thiazole rings is 1. The Bertz CT molecular complexity index is 654.